The van der Waals surface area contributed by atoms with Gasteiger partial charge in [0.25, 0.3) is 5.91 Å². The van der Waals surface area contributed by atoms with Crippen LogP contribution < -0.4 is 10.2 Å². The van der Waals surface area contributed by atoms with Crippen LogP contribution in [0.5, 0.6) is 0 Å². The first kappa shape index (κ1) is 22.6. The van der Waals surface area contributed by atoms with Crippen LogP contribution in [0, 0.1) is 25.2 Å². The molecule has 1 aromatic heterocycles. The fraction of sp³-hybridized carbons (Fsp3) is 0.440. The molecule has 31 heavy (non-hydrogen) atoms. The molecule has 0 aliphatic carbocycles. The Labute approximate surface area is 185 Å². The van der Waals surface area contributed by atoms with Crippen LogP contribution in [0.2, 0.25) is 0 Å². The van der Waals surface area contributed by atoms with Crippen molar-refractivity contribution in [2.45, 2.75) is 45.8 Å². The van der Waals surface area contributed by atoms with E-state index in [9.17, 15) is 10.1 Å². The lowest BCUT2D eigenvalue weighted by molar-refractivity contribution is -0.117. The van der Waals surface area contributed by atoms with Crippen molar-refractivity contribution in [1.82, 2.24) is 9.88 Å². The highest BCUT2D eigenvalue weighted by Crippen LogP contribution is 2.22. The van der Waals surface area contributed by atoms with Crippen LogP contribution in [0.25, 0.3) is 6.08 Å². The van der Waals surface area contributed by atoms with Crippen molar-refractivity contribution >= 4 is 17.7 Å². The average molecular weight is 421 g/mol. The van der Waals surface area contributed by atoms with Gasteiger partial charge in [0.15, 0.2) is 0 Å². The Morgan fingerprint density at radius 2 is 2.13 bits per heavy atom. The van der Waals surface area contributed by atoms with E-state index in [1.54, 1.807) is 6.08 Å². The second-order valence-corrected chi connectivity index (χ2v) is 8.11. The molecule has 6 heteroatoms. The number of nitriles is 1. The number of nitrogens with one attached hydrogen (secondary N) is 1. The molecule has 1 saturated heterocycles. The summed E-state index contributed by atoms with van der Waals surface area (Å²) in [5.74, 6) is -0.325. The van der Waals surface area contributed by atoms with Crippen molar-refractivity contribution in [3.05, 3.63) is 58.9 Å². The summed E-state index contributed by atoms with van der Waals surface area (Å²) in [6, 6.07) is 14.2. The van der Waals surface area contributed by atoms with E-state index in [2.05, 4.69) is 39.9 Å². The van der Waals surface area contributed by atoms with Crippen molar-refractivity contribution < 1.29 is 9.53 Å². The SMILES string of the molecule is Cc1cc(/C=C(\C#N)C(=O)NCCCN(C)c2ccccc2)c(C)n1CC1CCCO1. The molecule has 2 heterocycles. The summed E-state index contributed by atoms with van der Waals surface area (Å²) >= 11 is 0. The predicted molar refractivity (Wildman–Crippen MR) is 124 cm³/mol. The summed E-state index contributed by atoms with van der Waals surface area (Å²) in [5.41, 5.74) is 4.35. The third-order valence-electron chi connectivity index (χ3n) is 5.84. The van der Waals surface area contributed by atoms with E-state index >= 15 is 0 Å². The Morgan fingerprint density at radius 1 is 1.35 bits per heavy atom. The quantitative estimate of drug-likeness (QED) is 0.380. The first-order valence-electron chi connectivity index (χ1n) is 10.9. The van der Waals surface area contributed by atoms with E-state index in [0.717, 1.165) is 61.6 Å². The van der Waals surface area contributed by atoms with Crippen LogP contribution in [-0.2, 0) is 16.1 Å². The van der Waals surface area contributed by atoms with E-state index in [1.807, 2.05) is 38.2 Å². The molecule has 164 valence electrons. The zero-order chi connectivity index (χ0) is 22.2. The maximum atomic E-state index is 12.5. The highest BCUT2D eigenvalue weighted by atomic mass is 16.5. The number of hydrogen-bond acceptors (Lipinski definition) is 4. The zero-order valence-corrected chi connectivity index (χ0v) is 18.7. The first-order chi connectivity index (χ1) is 15.0. The van der Waals surface area contributed by atoms with Crippen molar-refractivity contribution in [2.24, 2.45) is 0 Å². The van der Waals surface area contributed by atoms with Gasteiger partial charge in [0.2, 0.25) is 0 Å². The molecule has 1 atom stereocenters. The average Bonchev–Trinajstić information content (AvgIpc) is 3.39. The minimum atomic E-state index is -0.325. The molecular weight excluding hydrogens is 388 g/mol. The molecule has 6 nitrogen and oxygen atoms in total. The number of ether oxygens (including phenoxy) is 1. The number of nitrogens with zero attached hydrogens (tertiary/aromatic N) is 3. The van der Waals surface area contributed by atoms with Gasteiger partial charge in [-0.15, -0.1) is 0 Å². The molecule has 1 aromatic carbocycles. The molecule has 0 spiro atoms. The lowest BCUT2D eigenvalue weighted by atomic mass is 10.1. The Hall–Kier alpha value is -3.04. The third kappa shape index (κ3) is 5.99. The van der Waals surface area contributed by atoms with Crippen LogP contribution in [0.4, 0.5) is 5.69 Å². The monoisotopic (exact) mass is 420 g/mol. The minimum Gasteiger partial charge on any atom is -0.376 e. The standard InChI is InChI=1S/C25H32N4O2/c1-19-15-21(20(2)29(19)18-24-11-7-14-31-24)16-22(17-26)25(30)27-12-8-13-28(3)23-9-5-4-6-10-23/h4-6,9-10,15-16,24H,7-8,11-14,18H2,1-3H3,(H,27,30)/b22-16+. The summed E-state index contributed by atoms with van der Waals surface area (Å²) < 4.78 is 7.98. The molecule has 1 aliphatic heterocycles. The van der Waals surface area contributed by atoms with Gasteiger partial charge in [-0.1, -0.05) is 18.2 Å². The Kier molecular flexibility index (Phi) is 7.91. The summed E-state index contributed by atoms with van der Waals surface area (Å²) in [6.07, 6.45) is 4.92. The summed E-state index contributed by atoms with van der Waals surface area (Å²) in [5, 5.41) is 12.4. The van der Waals surface area contributed by atoms with Crippen LogP contribution in [0.3, 0.4) is 0 Å². The number of amides is 1. The number of aryl methyl sites for hydroxylation is 1. The van der Waals surface area contributed by atoms with Crippen LogP contribution >= 0.6 is 0 Å². The third-order valence-corrected chi connectivity index (χ3v) is 5.84. The minimum absolute atomic E-state index is 0.133. The Morgan fingerprint density at radius 3 is 2.81 bits per heavy atom. The Balaban J connectivity index is 1.56. The topological polar surface area (TPSA) is 70.3 Å². The normalized spacial score (nSPS) is 16.2. The van der Waals surface area contributed by atoms with E-state index in [4.69, 9.17) is 4.74 Å². The molecule has 1 unspecified atom stereocenters. The summed E-state index contributed by atoms with van der Waals surface area (Å²) in [4.78, 5) is 14.7. The number of carbonyl (C=O) groups excluding carboxylic acids is 1. The fourth-order valence-electron chi connectivity index (χ4n) is 3.98. The fourth-order valence-corrected chi connectivity index (χ4v) is 3.98. The van der Waals surface area contributed by atoms with Gasteiger partial charge in [-0.3, -0.25) is 4.79 Å². The molecule has 0 radical (unpaired) electrons. The number of para-hydroxylation sites is 1. The Bertz CT molecular complexity index is 950. The van der Waals surface area contributed by atoms with Crippen molar-refractivity contribution in [3.63, 3.8) is 0 Å². The van der Waals surface area contributed by atoms with Crippen LogP contribution in [0.15, 0.2) is 42.0 Å². The maximum Gasteiger partial charge on any atom is 0.261 e. The van der Waals surface area contributed by atoms with Crippen molar-refractivity contribution in [3.8, 4) is 6.07 Å². The number of rotatable bonds is 9. The van der Waals surface area contributed by atoms with E-state index in [-0.39, 0.29) is 17.6 Å². The molecule has 1 aliphatic rings. The van der Waals surface area contributed by atoms with Gasteiger partial charge in [-0.05, 0) is 62.9 Å². The van der Waals surface area contributed by atoms with Crippen LogP contribution in [0.1, 0.15) is 36.2 Å². The molecule has 0 bridgehead atoms. The maximum absolute atomic E-state index is 12.5. The molecule has 3 rings (SSSR count). The van der Waals surface area contributed by atoms with Crippen molar-refractivity contribution in [2.75, 3.05) is 31.6 Å². The smallest absolute Gasteiger partial charge is 0.261 e. The lowest BCUT2D eigenvalue weighted by Gasteiger charge is -2.19. The second-order valence-electron chi connectivity index (χ2n) is 8.11. The van der Waals surface area contributed by atoms with E-state index < -0.39 is 0 Å². The number of hydrogen-bond donors (Lipinski definition) is 1. The zero-order valence-electron chi connectivity index (χ0n) is 18.7. The molecule has 2 aromatic rings. The number of carbonyl (C=O) groups is 1. The predicted octanol–water partition coefficient (Wildman–Crippen LogP) is 3.83. The summed E-state index contributed by atoms with van der Waals surface area (Å²) in [7, 11) is 2.03. The first-order valence-corrected chi connectivity index (χ1v) is 10.9. The highest BCUT2D eigenvalue weighted by Gasteiger charge is 2.19. The largest absolute Gasteiger partial charge is 0.376 e. The number of benzene rings is 1. The van der Waals surface area contributed by atoms with Crippen molar-refractivity contribution in [1.29, 1.82) is 5.26 Å². The molecule has 0 saturated carbocycles. The second kappa shape index (κ2) is 10.8. The van der Waals surface area contributed by atoms with Gasteiger partial charge in [0.1, 0.15) is 11.6 Å². The van der Waals surface area contributed by atoms with Gasteiger partial charge in [0.05, 0.1) is 6.10 Å². The lowest BCUT2D eigenvalue weighted by Crippen LogP contribution is -2.28. The highest BCUT2D eigenvalue weighted by molar-refractivity contribution is 6.01. The number of aromatic nitrogens is 1. The molecule has 1 fully saturated rings. The van der Waals surface area contributed by atoms with Gasteiger partial charge in [0, 0.05) is 50.4 Å². The number of anilines is 1. The summed E-state index contributed by atoms with van der Waals surface area (Å²) in [6.45, 7) is 7.06. The molecule has 1 amide bonds. The van der Waals surface area contributed by atoms with Gasteiger partial charge < -0.3 is 19.5 Å². The molecular formula is C25H32N4O2. The van der Waals surface area contributed by atoms with E-state index in [0.29, 0.717) is 6.54 Å². The van der Waals surface area contributed by atoms with Gasteiger partial charge in [-0.25, -0.2) is 0 Å². The van der Waals surface area contributed by atoms with Gasteiger partial charge >= 0.3 is 0 Å². The van der Waals surface area contributed by atoms with Crippen LogP contribution in [-0.4, -0.2) is 43.3 Å². The van der Waals surface area contributed by atoms with Gasteiger partial charge in [-0.2, -0.15) is 5.26 Å². The molecule has 1 N–H and O–H groups in total. The van der Waals surface area contributed by atoms with E-state index in [1.165, 1.54) is 0 Å².